The Labute approximate surface area is 175 Å². The van der Waals surface area contributed by atoms with Crippen LogP contribution in [0.15, 0.2) is 59.6 Å². The molecular weight excluding hydrogens is 360 g/mol. The van der Waals surface area contributed by atoms with Gasteiger partial charge < -0.3 is 20.3 Å². The predicted octanol–water partition coefficient (Wildman–Crippen LogP) is 3.81. The summed E-state index contributed by atoms with van der Waals surface area (Å²) in [4.78, 5) is 6.94. The summed E-state index contributed by atoms with van der Waals surface area (Å²) in [5.74, 6) is 1.77. The summed E-state index contributed by atoms with van der Waals surface area (Å²) in [6.45, 7) is 7.14. The van der Waals surface area contributed by atoms with E-state index in [0.29, 0.717) is 12.6 Å². The fourth-order valence-corrected chi connectivity index (χ4v) is 3.64. The number of ether oxygens (including phenoxy) is 1. The average molecular weight is 395 g/mol. The third kappa shape index (κ3) is 7.09. The lowest BCUT2D eigenvalue weighted by Crippen LogP contribution is -2.48. The van der Waals surface area contributed by atoms with Crippen LogP contribution in [0.4, 0.5) is 0 Å². The van der Waals surface area contributed by atoms with E-state index in [1.54, 1.807) is 0 Å². The zero-order chi connectivity index (χ0) is 20.3. The van der Waals surface area contributed by atoms with Crippen LogP contribution >= 0.6 is 0 Å². The number of nitrogens with zero attached hydrogens (tertiary/aromatic N) is 2. The van der Waals surface area contributed by atoms with Crippen molar-refractivity contribution < 1.29 is 4.74 Å². The fourth-order valence-electron chi connectivity index (χ4n) is 3.64. The van der Waals surface area contributed by atoms with Crippen LogP contribution in [0.2, 0.25) is 0 Å². The van der Waals surface area contributed by atoms with E-state index < -0.39 is 0 Å². The monoisotopic (exact) mass is 394 g/mol. The van der Waals surface area contributed by atoms with Crippen molar-refractivity contribution in [3.05, 3.63) is 65.7 Å². The van der Waals surface area contributed by atoms with Crippen molar-refractivity contribution in [2.24, 2.45) is 4.99 Å². The van der Waals surface area contributed by atoms with Crippen molar-refractivity contribution in [1.29, 1.82) is 0 Å². The Morgan fingerprint density at radius 2 is 1.76 bits per heavy atom. The molecule has 0 saturated carbocycles. The number of aliphatic imine (C=N–C) groups is 1. The maximum Gasteiger partial charge on any atom is 0.191 e. The minimum absolute atomic E-state index is 0.503. The highest BCUT2D eigenvalue weighted by atomic mass is 16.5. The van der Waals surface area contributed by atoms with Gasteiger partial charge in [-0.15, -0.1) is 0 Å². The summed E-state index contributed by atoms with van der Waals surface area (Å²) in [6, 6.07) is 19.0. The lowest BCUT2D eigenvalue weighted by Gasteiger charge is -2.32. The SMILES string of the molecule is CCCN1CCC(NC(=NC)NCc2ccc(OCc3ccccc3)cc2)CC1. The van der Waals surface area contributed by atoms with Gasteiger partial charge in [-0.2, -0.15) is 0 Å². The number of nitrogens with one attached hydrogen (secondary N) is 2. The molecule has 1 aliphatic heterocycles. The summed E-state index contributed by atoms with van der Waals surface area (Å²) < 4.78 is 5.86. The number of piperidine rings is 1. The van der Waals surface area contributed by atoms with Crippen molar-refractivity contribution in [2.75, 3.05) is 26.7 Å². The second kappa shape index (κ2) is 11.5. The predicted molar refractivity (Wildman–Crippen MR) is 120 cm³/mol. The Morgan fingerprint density at radius 3 is 2.41 bits per heavy atom. The second-order valence-electron chi connectivity index (χ2n) is 7.60. The summed E-state index contributed by atoms with van der Waals surface area (Å²) in [5.41, 5.74) is 2.38. The van der Waals surface area contributed by atoms with Gasteiger partial charge in [0.15, 0.2) is 5.96 Å². The van der Waals surface area contributed by atoms with Crippen molar-refractivity contribution in [2.45, 2.75) is 45.4 Å². The van der Waals surface area contributed by atoms with Crippen LogP contribution in [0.1, 0.15) is 37.3 Å². The summed E-state index contributed by atoms with van der Waals surface area (Å²) >= 11 is 0. The molecule has 1 heterocycles. The molecule has 0 aliphatic carbocycles. The number of hydrogen-bond donors (Lipinski definition) is 2. The van der Waals surface area contributed by atoms with E-state index in [1.807, 2.05) is 37.4 Å². The second-order valence-corrected chi connectivity index (χ2v) is 7.60. The standard InChI is InChI=1S/C24H34N4O/c1-3-15-28-16-13-22(14-17-28)27-24(25-2)26-18-20-9-11-23(12-10-20)29-19-21-7-5-4-6-8-21/h4-12,22H,3,13-19H2,1-2H3,(H2,25,26,27). The zero-order valence-corrected chi connectivity index (χ0v) is 17.7. The minimum atomic E-state index is 0.503. The molecule has 0 spiro atoms. The van der Waals surface area contributed by atoms with Crippen LogP contribution in [0.3, 0.4) is 0 Å². The zero-order valence-electron chi connectivity index (χ0n) is 17.7. The van der Waals surface area contributed by atoms with E-state index in [-0.39, 0.29) is 0 Å². The molecule has 2 N–H and O–H groups in total. The molecule has 5 heteroatoms. The molecule has 0 unspecified atom stereocenters. The molecular formula is C24H34N4O. The molecule has 0 amide bonds. The molecule has 3 rings (SSSR count). The molecule has 5 nitrogen and oxygen atoms in total. The number of guanidine groups is 1. The molecule has 2 aromatic rings. The van der Waals surface area contributed by atoms with Gasteiger partial charge in [-0.05, 0) is 49.1 Å². The quantitative estimate of drug-likeness (QED) is 0.528. The third-order valence-corrected chi connectivity index (χ3v) is 5.32. The van der Waals surface area contributed by atoms with Gasteiger partial charge in [-0.25, -0.2) is 0 Å². The van der Waals surface area contributed by atoms with E-state index in [2.05, 4.69) is 51.7 Å². The first-order valence-electron chi connectivity index (χ1n) is 10.7. The molecule has 0 radical (unpaired) electrons. The number of rotatable bonds is 8. The van der Waals surface area contributed by atoms with Gasteiger partial charge in [0.2, 0.25) is 0 Å². The van der Waals surface area contributed by atoms with Crippen LogP contribution in [-0.2, 0) is 13.2 Å². The van der Waals surface area contributed by atoms with Gasteiger partial charge in [0, 0.05) is 32.7 Å². The molecule has 0 atom stereocenters. The van der Waals surface area contributed by atoms with E-state index in [1.165, 1.54) is 50.0 Å². The summed E-state index contributed by atoms with van der Waals surface area (Å²) in [5, 5.41) is 7.01. The first-order chi connectivity index (χ1) is 14.3. The smallest absolute Gasteiger partial charge is 0.191 e. The topological polar surface area (TPSA) is 48.9 Å². The van der Waals surface area contributed by atoms with Crippen molar-refractivity contribution in [1.82, 2.24) is 15.5 Å². The molecule has 1 fully saturated rings. The average Bonchev–Trinajstić information content (AvgIpc) is 2.78. The summed E-state index contributed by atoms with van der Waals surface area (Å²) in [6.07, 6.45) is 3.58. The van der Waals surface area contributed by atoms with Crippen molar-refractivity contribution in [3.8, 4) is 5.75 Å². The van der Waals surface area contributed by atoms with Gasteiger partial charge in [0.05, 0.1) is 0 Å². The molecule has 156 valence electrons. The van der Waals surface area contributed by atoms with Crippen LogP contribution in [0, 0.1) is 0 Å². The molecule has 0 bridgehead atoms. The van der Waals surface area contributed by atoms with Crippen molar-refractivity contribution in [3.63, 3.8) is 0 Å². The number of likely N-dealkylation sites (tertiary alicyclic amines) is 1. The molecule has 29 heavy (non-hydrogen) atoms. The Balaban J connectivity index is 1.40. The van der Waals surface area contributed by atoms with Crippen LogP contribution in [0.5, 0.6) is 5.75 Å². The van der Waals surface area contributed by atoms with Gasteiger partial charge in [-0.1, -0.05) is 49.4 Å². The van der Waals surface area contributed by atoms with Crippen LogP contribution in [-0.4, -0.2) is 43.6 Å². The highest BCUT2D eigenvalue weighted by molar-refractivity contribution is 5.79. The van der Waals surface area contributed by atoms with Crippen LogP contribution in [0.25, 0.3) is 0 Å². The van der Waals surface area contributed by atoms with Gasteiger partial charge in [0.25, 0.3) is 0 Å². The van der Waals surface area contributed by atoms with Gasteiger partial charge >= 0.3 is 0 Å². The minimum Gasteiger partial charge on any atom is -0.489 e. The number of hydrogen-bond acceptors (Lipinski definition) is 3. The van der Waals surface area contributed by atoms with Crippen LogP contribution < -0.4 is 15.4 Å². The normalized spacial score (nSPS) is 15.9. The third-order valence-electron chi connectivity index (χ3n) is 5.32. The van der Waals surface area contributed by atoms with E-state index in [9.17, 15) is 0 Å². The molecule has 1 aliphatic rings. The van der Waals surface area contributed by atoms with E-state index in [0.717, 1.165) is 18.3 Å². The fraction of sp³-hybridized carbons (Fsp3) is 0.458. The Morgan fingerprint density at radius 1 is 1.03 bits per heavy atom. The molecule has 0 aromatic heterocycles. The maximum atomic E-state index is 5.86. The Hall–Kier alpha value is -2.53. The highest BCUT2D eigenvalue weighted by Gasteiger charge is 2.19. The van der Waals surface area contributed by atoms with Gasteiger partial charge in [0.1, 0.15) is 12.4 Å². The van der Waals surface area contributed by atoms with Crippen molar-refractivity contribution >= 4 is 5.96 Å². The first-order valence-corrected chi connectivity index (χ1v) is 10.7. The van der Waals surface area contributed by atoms with E-state index in [4.69, 9.17) is 4.74 Å². The lowest BCUT2D eigenvalue weighted by atomic mass is 10.1. The Bertz CT molecular complexity index is 737. The highest BCUT2D eigenvalue weighted by Crippen LogP contribution is 2.14. The van der Waals surface area contributed by atoms with E-state index >= 15 is 0 Å². The lowest BCUT2D eigenvalue weighted by molar-refractivity contribution is 0.206. The first kappa shape index (κ1) is 21.2. The largest absolute Gasteiger partial charge is 0.489 e. The number of benzene rings is 2. The summed E-state index contributed by atoms with van der Waals surface area (Å²) in [7, 11) is 1.84. The molecule has 1 saturated heterocycles. The van der Waals surface area contributed by atoms with Gasteiger partial charge in [-0.3, -0.25) is 4.99 Å². The Kier molecular flexibility index (Phi) is 8.38. The maximum absolute atomic E-state index is 5.86. The molecule has 2 aromatic carbocycles.